The highest BCUT2D eigenvalue weighted by Gasteiger charge is 2.40. The molecule has 1 aliphatic rings. The van der Waals surface area contributed by atoms with E-state index < -0.39 is 5.41 Å². The second-order valence-corrected chi connectivity index (χ2v) is 5.52. The summed E-state index contributed by atoms with van der Waals surface area (Å²) >= 11 is 0. The molecule has 0 N–H and O–H groups in total. The van der Waals surface area contributed by atoms with Gasteiger partial charge in [-0.25, -0.2) is 4.39 Å². The molecule has 0 amide bonds. The number of halogens is 1. The van der Waals surface area contributed by atoms with Crippen LogP contribution in [0.4, 0.5) is 4.39 Å². The molecule has 0 aromatic rings. The highest BCUT2D eigenvalue weighted by Crippen LogP contribution is 2.48. The molecule has 0 bridgehead atoms. The van der Waals surface area contributed by atoms with Crippen LogP contribution in [0.25, 0.3) is 0 Å². The normalized spacial score (nSPS) is 29.1. The van der Waals surface area contributed by atoms with Gasteiger partial charge in [0.1, 0.15) is 0 Å². The number of hydrogen-bond donors (Lipinski definition) is 0. The molecule has 0 unspecified atom stereocenters. The fourth-order valence-electron chi connectivity index (χ4n) is 2.75. The molecule has 1 rings (SSSR count). The molecule has 17 heavy (non-hydrogen) atoms. The molecule has 0 atom stereocenters. The monoisotopic (exact) mass is 242 g/mol. The van der Waals surface area contributed by atoms with Gasteiger partial charge >= 0.3 is 5.97 Å². The molecule has 0 saturated heterocycles. The molecule has 1 fully saturated rings. The number of allylic oxidation sites excluding steroid dienone is 1. The van der Waals surface area contributed by atoms with Crippen LogP contribution >= 0.6 is 0 Å². The van der Waals surface area contributed by atoms with Gasteiger partial charge in [-0.3, -0.25) is 4.79 Å². The maximum absolute atomic E-state index is 13.7. The van der Waals surface area contributed by atoms with Gasteiger partial charge < -0.3 is 4.74 Å². The summed E-state index contributed by atoms with van der Waals surface area (Å²) in [6, 6.07) is 0. The molecular formula is C14H23FO2. The number of hydrogen-bond acceptors (Lipinski definition) is 2. The number of esters is 1. The Balaban J connectivity index is 2.70. The average Bonchev–Trinajstić information content (AvgIpc) is 2.29. The van der Waals surface area contributed by atoms with Gasteiger partial charge in [-0.15, -0.1) is 0 Å². The van der Waals surface area contributed by atoms with Gasteiger partial charge in [0.15, 0.2) is 0 Å². The minimum atomic E-state index is -0.668. The van der Waals surface area contributed by atoms with E-state index >= 15 is 0 Å². The van der Waals surface area contributed by atoms with E-state index in [9.17, 15) is 9.18 Å². The van der Waals surface area contributed by atoms with Gasteiger partial charge in [-0.1, -0.05) is 20.4 Å². The minimum Gasteiger partial charge on any atom is -0.469 e. The van der Waals surface area contributed by atoms with Crippen molar-refractivity contribution in [3.05, 3.63) is 12.4 Å². The molecule has 0 aromatic heterocycles. The van der Waals surface area contributed by atoms with E-state index in [2.05, 4.69) is 25.2 Å². The zero-order valence-electron chi connectivity index (χ0n) is 11.1. The Morgan fingerprint density at radius 3 is 2.35 bits per heavy atom. The van der Waals surface area contributed by atoms with Gasteiger partial charge in [-0.2, -0.15) is 0 Å². The van der Waals surface area contributed by atoms with E-state index in [4.69, 9.17) is 0 Å². The maximum Gasteiger partial charge on any atom is 0.306 e. The van der Waals surface area contributed by atoms with Crippen LogP contribution < -0.4 is 0 Å². The first-order valence-electron chi connectivity index (χ1n) is 6.33. The van der Waals surface area contributed by atoms with Gasteiger partial charge in [0, 0.05) is 5.41 Å². The van der Waals surface area contributed by atoms with E-state index in [-0.39, 0.29) is 18.2 Å². The molecule has 98 valence electrons. The molecule has 3 heteroatoms. The molecular weight excluding hydrogens is 219 g/mol. The zero-order valence-corrected chi connectivity index (χ0v) is 11.1. The fraction of sp³-hybridized carbons (Fsp3) is 0.786. The van der Waals surface area contributed by atoms with Gasteiger partial charge in [-0.05, 0) is 37.5 Å². The number of methoxy groups -OCH3 is 1. The highest BCUT2D eigenvalue weighted by atomic mass is 19.1. The second-order valence-electron chi connectivity index (χ2n) is 5.52. The van der Waals surface area contributed by atoms with Crippen LogP contribution in [-0.4, -0.2) is 13.1 Å². The summed E-state index contributed by atoms with van der Waals surface area (Å²) in [5.74, 6) is 0.566. The fourth-order valence-corrected chi connectivity index (χ4v) is 2.75. The summed E-state index contributed by atoms with van der Waals surface area (Å²) in [7, 11) is 1.34. The SMILES string of the molecule is C=C(F)C1(CC(=O)OC)CCC(C(C)C)CC1. The van der Waals surface area contributed by atoms with E-state index in [1.807, 2.05) is 0 Å². The van der Waals surface area contributed by atoms with Crippen LogP contribution in [0.15, 0.2) is 12.4 Å². The van der Waals surface area contributed by atoms with Crippen LogP contribution in [0.1, 0.15) is 46.0 Å². The lowest BCUT2D eigenvalue weighted by Crippen LogP contribution is -2.32. The average molecular weight is 242 g/mol. The minimum absolute atomic E-state index is 0.129. The summed E-state index contributed by atoms with van der Waals surface area (Å²) in [5.41, 5.74) is -0.668. The Labute approximate surface area is 103 Å². The molecule has 0 heterocycles. The third kappa shape index (κ3) is 3.30. The molecule has 1 aliphatic carbocycles. The third-order valence-corrected chi connectivity index (χ3v) is 4.22. The molecule has 2 nitrogen and oxygen atoms in total. The third-order valence-electron chi connectivity index (χ3n) is 4.22. The second kappa shape index (κ2) is 5.65. The maximum atomic E-state index is 13.7. The van der Waals surface area contributed by atoms with Crippen LogP contribution in [0.2, 0.25) is 0 Å². The van der Waals surface area contributed by atoms with E-state index in [1.165, 1.54) is 7.11 Å². The Hall–Kier alpha value is -0.860. The number of carbonyl (C=O) groups is 1. The van der Waals surface area contributed by atoms with Crippen molar-refractivity contribution in [3.8, 4) is 0 Å². The lowest BCUT2D eigenvalue weighted by atomic mass is 9.66. The summed E-state index contributed by atoms with van der Waals surface area (Å²) in [5, 5.41) is 0. The van der Waals surface area contributed by atoms with Crippen molar-refractivity contribution in [2.75, 3.05) is 7.11 Å². The van der Waals surface area contributed by atoms with Gasteiger partial charge in [0.25, 0.3) is 0 Å². The largest absolute Gasteiger partial charge is 0.469 e. The van der Waals surface area contributed by atoms with E-state index in [0.29, 0.717) is 24.7 Å². The summed E-state index contributed by atoms with van der Waals surface area (Å²) in [4.78, 5) is 11.4. The number of rotatable bonds is 4. The Bertz CT molecular complexity index is 289. The lowest BCUT2D eigenvalue weighted by Gasteiger charge is -2.39. The number of ether oxygens (including phenoxy) is 1. The van der Waals surface area contributed by atoms with Crippen molar-refractivity contribution in [2.45, 2.75) is 46.0 Å². The zero-order chi connectivity index (χ0) is 13.1. The van der Waals surface area contributed by atoms with Crippen molar-refractivity contribution in [1.82, 2.24) is 0 Å². The summed E-state index contributed by atoms with van der Waals surface area (Å²) < 4.78 is 18.3. The van der Waals surface area contributed by atoms with Crippen molar-refractivity contribution >= 4 is 5.97 Å². The van der Waals surface area contributed by atoms with E-state index in [1.54, 1.807) is 0 Å². The Morgan fingerprint density at radius 2 is 2.00 bits per heavy atom. The smallest absolute Gasteiger partial charge is 0.306 e. The van der Waals surface area contributed by atoms with Crippen LogP contribution in [0.3, 0.4) is 0 Å². The quantitative estimate of drug-likeness (QED) is 0.700. The molecule has 0 spiro atoms. The molecule has 0 aliphatic heterocycles. The first kappa shape index (κ1) is 14.2. The van der Waals surface area contributed by atoms with Gasteiger partial charge in [0.2, 0.25) is 0 Å². The first-order valence-corrected chi connectivity index (χ1v) is 6.33. The van der Waals surface area contributed by atoms with Crippen molar-refractivity contribution in [3.63, 3.8) is 0 Å². The van der Waals surface area contributed by atoms with Crippen molar-refractivity contribution in [1.29, 1.82) is 0 Å². The number of carbonyl (C=O) groups excluding carboxylic acids is 1. The summed E-state index contributed by atoms with van der Waals surface area (Å²) in [6.45, 7) is 7.83. The topological polar surface area (TPSA) is 26.3 Å². The van der Waals surface area contributed by atoms with Crippen molar-refractivity contribution in [2.24, 2.45) is 17.3 Å². The Kier molecular flexibility index (Phi) is 4.72. The highest BCUT2D eigenvalue weighted by molar-refractivity contribution is 5.70. The van der Waals surface area contributed by atoms with Gasteiger partial charge in [0.05, 0.1) is 19.4 Å². The van der Waals surface area contributed by atoms with Crippen LogP contribution in [-0.2, 0) is 9.53 Å². The van der Waals surface area contributed by atoms with Crippen molar-refractivity contribution < 1.29 is 13.9 Å². The van der Waals surface area contributed by atoms with E-state index in [0.717, 1.165) is 12.8 Å². The summed E-state index contributed by atoms with van der Waals surface area (Å²) in [6.07, 6.45) is 3.49. The molecule has 1 saturated carbocycles. The molecule has 0 radical (unpaired) electrons. The molecule has 0 aromatic carbocycles. The predicted molar refractivity (Wildman–Crippen MR) is 66.1 cm³/mol. The predicted octanol–water partition coefficient (Wildman–Crippen LogP) is 3.87. The van der Waals surface area contributed by atoms with Crippen LogP contribution in [0, 0.1) is 17.3 Å². The van der Waals surface area contributed by atoms with Crippen LogP contribution in [0.5, 0.6) is 0 Å². The standard InChI is InChI=1S/C14H23FO2/c1-10(2)12-5-7-14(8-6-12,11(3)15)9-13(16)17-4/h10,12H,3,5-9H2,1-2,4H3. The first-order chi connectivity index (χ1) is 7.91. The Morgan fingerprint density at radius 1 is 1.47 bits per heavy atom. The lowest BCUT2D eigenvalue weighted by molar-refractivity contribution is -0.143.